The molecule has 1 fully saturated rings. The molecular weight excluding hydrogens is 673 g/mol. The molecule has 0 bridgehead atoms. The molecular formula is C35H41ClFN5O6S. The van der Waals surface area contributed by atoms with E-state index in [0.29, 0.717) is 45.3 Å². The van der Waals surface area contributed by atoms with Crippen LogP contribution >= 0.6 is 11.6 Å². The maximum absolute atomic E-state index is 15.4. The Labute approximate surface area is 291 Å². The summed E-state index contributed by atoms with van der Waals surface area (Å²) >= 11 is 5.91. The number of ether oxygens (including phenoxy) is 4. The predicted molar refractivity (Wildman–Crippen MR) is 190 cm³/mol. The topological polar surface area (TPSA) is 115 Å². The van der Waals surface area contributed by atoms with E-state index in [1.54, 1.807) is 61.8 Å². The molecule has 5 rings (SSSR count). The van der Waals surface area contributed by atoms with E-state index in [2.05, 4.69) is 31.5 Å². The Balaban J connectivity index is 1.27. The molecule has 262 valence electrons. The third-order valence-electron chi connectivity index (χ3n) is 7.95. The van der Waals surface area contributed by atoms with Crippen molar-refractivity contribution in [1.29, 1.82) is 0 Å². The van der Waals surface area contributed by atoms with Crippen LogP contribution < -0.4 is 19.5 Å². The van der Waals surface area contributed by atoms with E-state index < -0.39 is 15.8 Å². The summed E-state index contributed by atoms with van der Waals surface area (Å²) in [6.07, 6.45) is 2.62. The minimum absolute atomic E-state index is 0.0352. The summed E-state index contributed by atoms with van der Waals surface area (Å²) in [5.74, 6) is 0.538. The number of halogens is 2. The molecule has 49 heavy (non-hydrogen) atoms. The van der Waals surface area contributed by atoms with Gasteiger partial charge in [0.1, 0.15) is 11.6 Å². The highest BCUT2D eigenvalue weighted by atomic mass is 35.5. The van der Waals surface area contributed by atoms with Gasteiger partial charge in [0.25, 0.3) is 10.0 Å². The zero-order chi connectivity index (χ0) is 34.8. The number of hydrogen-bond donors (Lipinski definition) is 1. The molecule has 4 aromatic rings. The maximum atomic E-state index is 15.4. The first kappa shape index (κ1) is 36.3. The van der Waals surface area contributed by atoms with Crippen LogP contribution in [0, 0.1) is 5.82 Å². The van der Waals surface area contributed by atoms with Gasteiger partial charge in [0.05, 0.1) is 31.6 Å². The smallest absolute Gasteiger partial charge is 0.258 e. The molecule has 0 amide bonds. The van der Waals surface area contributed by atoms with Crippen molar-refractivity contribution in [2.24, 2.45) is 4.40 Å². The summed E-state index contributed by atoms with van der Waals surface area (Å²) in [5.41, 5.74) is 1.43. The number of amidine groups is 1. The highest BCUT2D eigenvalue weighted by Gasteiger charge is 2.17. The Hall–Kier alpha value is -4.01. The largest absolute Gasteiger partial charge is 0.493 e. The Bertz CT molecular complexity index is 1850. The number of aromatic nitrogens is 1. The van der Waals surface area contributed by atoms with Crippen LogP contribution in [0.5, 0.6) is 23.0 Å². The van der Waals surface area contributed by atoms with Crippen LogP contribution in [-0.2, 0) is 20.5 Å². The van der Waals surface area contributed by atoms with Crippen molar-refractivity contribution in [1.82, 2.24) is 14.8 Å². The summed E-state index contributed by atoms with van der Waals surface area (Å²) in [4.78, 5) is 9.24. The van der Waals surface area contributed by atoms with Crippen molar-refractivity contribution >= 4 is 44.1 Å². The molecule has 0 aliphatic carbocycles. The number of nitrogens with zero attached hydrogens (tertiary/aromatic N) is 4. The number of likely N-dealkylation sites (N-methyl/N-ethyl adjacent to an activating group) is 1. The molecule has 1 saturated heterocycles. The van der Waals surface area contributed by atoms with Gasteiger partial charge in [0.2, 0.25) is 0 Å². The van der Waals surface area contributed by atoms with Crippen LogP contribution in [0.2, 0.25) is 5.02 Å². The van der Waals surface area contributed by atoms with Gasteiger partial charge in [0, 0.05) is 80.7 Å². The number of nitrogens with one attached hydrogen (secondary N) is 1. The number of fused-ring (bicyclic) bond motifs is 1. The Morgan fingerprint density at radius 3 is 2.45 bits per heavy atom. The van der Waals surface area contributed by atoms with Crippen LogP contribution in [0.4, 0.5) is 10.1 Å². The van der Waals surface area contributed by atoms with Gasteiger partial charge in [-0.2, -0.15) is 0 Å². The number of piperazine rings is 1. The van der Waals surface area contributed by atoms with E-state index >= 15 is 4.39 Å². The fourth-order valence-electron chi connectivity index (χ4n) is 5.30. The molecule has 0 saturated carbocycles. The second-order valence-electron chi connectivity index (χ2n) is 11.7. The lowest BCUT2D eigenvalue weighted by atomic mass is 10.1. The zero-order valence-corrected chi connectivity index (χ0v) is 29.4. The van der Waals surface area contributed by atoms with Crippen LogP contribution in [0.1, 0.15) is 18.4 Å². The molecule has 1 aliphatic rings. The molecule has 0 spiro atoms. The molecule has 14 heteroatoms. The first-order valence-corrected chi connectivity index (χ1v) is 17.9. The summed E-state index contributed by atoms with van der Waals surface area (Å²) in [5, 5.41) is 4.03. The highest BCUT2D eigenvalue weighted by molar-refractivity contribution is 7.89. The van der Waals surface area contributed by atoms with E-state index in [-0.39, 0.29) is 36.1 Å². The molecule has 1 aromatic heterocycles. The van der Waals surface area contributed by atoms with Crippen LogP contribution in [0.3, 0.4) is 0 Å². The summed E-state index contributed by atoms with van der Waals surface area (Å²) in [7, 11) is 1.28. The number of benzene rings is 3. The van der Waals surface area contributed by atoms with Gasteiger partial charge in [-0.05, 0) is 55.4 Å². The van der Waals surface area contributed by atoms with Gasteiger partial charge in [-0.3, -0.25) is 4.98 Å². The van der Waals surface area contributed by atoms with E-state index in [1.165, 1.54) is 19.2 Å². The van der Waals surface area contributed by atoms with Gasteiger partial charge in [-0.25, -0.2) is 12.8 Å². The predicted octanol–water partition coefficient (Wildman–Crippen LogP) is 6.22. The fourth-order valence-corrected chi connectivity index (χ4v) is 6.58. The maximum Gasteiger partial charge on any atom is 0.258 e. The Kier molecular flexibility index (Phi) is 12.6. The first-order valence-electron chi connectivity index (χ1n) is 15.9. The third kappa shape index (κ3) is 10.5. The minimum Gasteiger partial charge on any atom is -0.493 e. The van der Waals surface area contributed by atoms with Crippen molar-refractivity contribution < 1.29 is 31.8 Å². The molecule has 1 aliphatic heterocycles. The first-order chi connectivity index (χ1) is 23.6. The second-order valence-corrected chi connectivity index (χ2v) is 13.8. The molecule has 0 atom stereocenters. The monoisotopic (exact) mass is 713 g/mol. The average Bonchev–Trinajstić information content (AvgIpc) is 3.08. The van der Waals surface area contributed by atoms with Gasteiger partial charge in [0.15, 0.2) is 23.1 Å². The number of anilines is 1. The molecule has 11 nitrogen and oxygen atoms in total. The van der Waals surface area contributed by atoms with E-state index in [0.717, 1.165) is 39.1 Å². The van der Waals surface area contributed by atoms with Crippen LogP contribution in [0.25, 0.3) is 10.9 Å². The normalized spacial score (nSPS) is 14.6. The van der Waals surface area contributed by atoms with Crippen molar-refractivity contribution in [3.05, 3.63) is 83.3 Å². The standard InChI is InChI=1S/C35H41ClFN5O6S/c1-41-15-17-42(18-16-41)14-4-19-47-34-23-30-28(22-33(34)46-3)31(11-13-38-30)48-32-10-9-27(21-29(32)37)39-35(12-20-45-2)40-49(43,44)24-25-5-7-26(36)8-6-25/h5-11,13,21-23H,4,12,14-20,24H2,1-3H3,(H,39,40). The van der Waals surface area contributed by atoms with Crippen molar-refractivity contribution in [2.75, 3.05) is 72.5 Å². The fraction of sp³-hybridized carbons (Fsp3) is 0.371. The second kappa shape index (κ2) is 17.1. The Morgan fingerprint density at radius 1 is 0.959 bits per heavy atom. The van der Waals surface area contributed by atoms with E-state index in [1.807, 2.05) is 0 Å². The lowest BCUT2D eigenvalue weighted by Gasteiger charge is -2.32. The molecule has 2 heterocycles. The SMILES string of the molecule is COCCC(=NS(=O)(=O)Cc1ccc(Cl)cc1)Nc1ccc(Oc2ccnc3cc(OCCCN4CCN(C)CC4)c(OC)cc23)c(F)c1. The highest BCUT2D eigenvalue weighted by Crippen LogP contribution is 2.38. The van der Waals surface area contributed by atoms with E-state index in [4.69, 9.17) is 30.5 Å². The van der Waals surface area contributed by atoms with Crippen molar-refractivity contribution in [3.63, 3.8) is 0 Å². The average molecular weight is 714 g/mol. The quantitative estimate of drug-likeness (QED) is 0.0865. The van der Waals surface area contributed by atoms with Crippen LogP contribution in [0.15, 0.2) is 71.3 Å². The number of rotatable bonds is 15. The number of sulfonamides is 1. The summed E-state index contributed by atoms with van der Waals surface area (Å²) < 4.78 is 67.9. The molecule has 1 N–H and O–H groups in total. The number of hydrogen-bond acceptors (Lipinski definition) is 9. The van der Waals surface area contributed by atoms with Gasteiger partial charge < -0.3 is 34.1 Å². The summed E-state index contributed by atoms with van der Waals surface area (Å²) in [6.45, 7) is 5.96. The van der Waals surface area contributed by atoms with E-state index in [9.17, 15) is 8.42 Å². The molecule has 3 aromatic carbocycles. The van der Waals surface area contributed by atoms with Gasteiger partial charge in [-0.1, -0.05) is 23.7 Å². The number of methoxy groups -OCH3 is 2. The lowest BCUT2D eigenvalue weighted by Crippen LogP contribution is -2.44. The number of pyridine rings is 1. The third-order valence-corrected chi connectivity index (χ3v) is 9.40. The minimum atomic E-state index is -3.92. The Morgan fingerprint density at radius 2 is 1.73 bits per heavy atom. The lowest BCUT2D eigenvalue weighted by molar-refractivity contribution is 0.145. The van der Waals surface area contributed by atoms with Crippen molar-refractivity contribution in [3.8, 4) is 23.0 Å². The van der Waals surface area contributed by atoms with Gasteiger partial charge in [-0.15, -0.1) is 4.40 Å². The van der Waals surface area contributed by atoms with Crippen molar-refractivity contribution in [2.45, 2.75) is 18.6 Å². The molecule has 0 radical (unpaired) electrons. The van der Waals surface area contributed by atoms with Crippen LogP contribution in [-0.4, -0.2) is 96.2 Å². The summed E-state index contributed by atoms with van der Waals surface area (Å²) in [6, 6.07) is 15.9. The molecule has 0 unspecified atom stereocenters. The zero-order valence-electron chi connectivity index (χ0n) is 27.8. The van der Waals surface area contributed by atoms with Gasteiger partial charge >= 0.3 is 0 Å².